The molecule has 0 saturated heterocycles. The van der Waals surface area contributed by atoms with Crippen LogP contribution in [-0.4, -0.2) is 10.5 Å². The molecule has 0 unspecified atom stereocenters. The molecule has 0 radical (unpaired) electrons. The fourth-order valence-corrected chi connectivity index (χ4v) is 3.82. The SMILES string of the molecule is Cc1nc(C2CCC(C)CC2)sc1CNC(C)(C)C. The molecule has 0 amide bonds. The molecule has 1 aliphatic carbocycles. The minimum atomic E-state index is 0.177. The molecule has 0 spiro atoms. The van der Waals surface area contributed by atoms with Crippen LogP contribution in [0.1, 0.15) is 74.9 Å². The standard InChI is InChI=1S/C16H28N2S/c1-11-6-8-13(9-7-11)15-18-12(2)14(19-15)10-17-16(3,4)5/h11,13,17H,6-10H2,1-5H3. The number of nitrogens with zero attached hydrogens (tertiary/aromatic N) is 1. The Kier molecular flexibility index (Phi) is 4.67. The Bertz CT molecular complexity index is 409. The summed E-state index contributed by atoms with van der Waals surface area (Å²) in [6.07, 6.45) is 5.41. The molecule has 1 saturated carbocycles. The van der Waals surface area contributed by atoms with Crippen molar-refractivity contribution in [2.75, 3.05) is 0 Å². The van der Waals surface area contributed by atoms with Gasteiger partial charge in [0.1, 0.15) is 0 Å². The first-order valence-corrected chi connectivity index (χ1v) is 8.38. The molecular weight excluding hydrogens is 252 g/mol. The van der Waals surface area contributed by atoms with E-state index < -0.39 is 0 Å². The monoisotopic (exact) mass is 280 g/mol. The van der Waals surface area contributed by atoms with Crippen LogP contribution < -0.4 is 5.32 Å². The first-order valence-electron chi connectivity index (χ1n) is 7.56. The van der Waals surface area contributed by atoms with E-state index in [0.29, 0.717) is 0 Å². The van der Waals surface area contributed by atoms with Crippen LogP contribution in [-0.2, 0) is 6.54 Å². The smallest absolute Gasteiger partial charge is 0.0962 e. The number of thiazole rings is 1. The zero-order valence-corrected chi connectivity index (χ0v) is 13.9. The van der Waals surface area contributed by atoms with Gasteiger partial charge in [0.05, 0.1) is 10.7 Å². The Balaban J connectivity index is 2.00. The zero-order chi connectivity index (χ0) is 14.0. The van der Waals surface area contributed by atoms with Crippen LogP contribution in [0.3, 0.4) is 0 Å². The Morgan fingerprint density at radius 2 is 1.84 bits per heavy atom. The van der Waals surface area contributed by atoms with Gasteiger partial charge < -0.3 is 5.32 Å². The van der Waals surface area contributed by atoms with Crippen molar-refractivity contribution in [1.29, 1.82) is 0 Å². The summed E-state index contributed by atoms with van der Waals surface area (Å²) in [4.78, 5) is 6.26. The Morgan fingerprint density at radius 3 is 2.42 bits per heavy atom. The van der Waals surface area contributed by atoms with Gasteiger partial charge in [0.25, 0.3) is 0 Å². The van der Waals surface area contributed by atoms with Gasteiger partial charge in [0, 0.05) is 22.9 Å². The number of aromatic nitrogens is 1. The summed E-state index contributed by atoms with van der Waals surface area (Å²) in [5.41, 5.74) is 1.41. The van der Waals surface area contributed by atoms with Crippen molar-refractivity contribution in [3.8, 4) is 0 Å². The van der Waals surface area contributed by atoms with Crippen molar-refractivity contribution >= 4 is 11.3 Å². The summed E-state index contributed by atoms with van der Waals surface area (Å²) in [6.45, 7) is 12.1. The lowest BCUT2D eigenvalue weighted by Gasteiger charge is -2.24. The van der Waals surface area contributed by atoms with Gasteiger partial charge in [-0.15, -0.1) is 11.3 Å². The number of hydrogen-bond acceptors (Lipinski definition) is 3. The second kappa shape index (κ2) is 5.92. The fraction of sp³-hybridized carbons (Fsp3) is 0.812. The van der Waals surface area contributed by atoms with Crippen LogP contribution >= 0.6 is 11.3 Å². The minimum Gasteiger partial charge on any atom is -0.307 e. The van der Waals surface area contributed by atoms with E-state index in [-0.39, 0.29) is 5.54 Å². The van der Waals surface area contributed by atoms with E-state index in [0.717, 1.165) is 18.4 Å². The molecule has 19 heavy (non-hydrogen) atoms. The van der Waals surface area contributed by atoms with Crippen molar-refractivity contribution in [3.05, 3.63) is 15.6 Å². The number of rotatable bonds is 3. The van der Waals surface area contributed by atoms with E-state index in [9.17, 15) is 0 Å². The molecule has 1 aromatic heterocycles. The van der Waals surface area contributed by atoms with E-state index >= 15 is 0 Å². The summed E-state index contributed by atoms with van der Waals surface area (Å²) in [6, 6.07) is 0. The highest BCUT2D eigenvalue weighted by Crippen LogP contribution is 2.38. The summed E-state index contributed by atoms with van der Waals surface area (Å²) >= 11 is 1.93. The second-order valence-corrected chi connectivity index (χ2v) is 8.24. The predicted molar refractivity (Wildman–Crippen MR) is 83.8 cm³/mol. The van der Waals surface area contributed by atoms with Crippen LogP contribution in [0.15, 0.2) is 0 Å². The Labute approximate surface area is 122 Å². The highest BCUT2D eigenvalue weighted by Gasteiger charge is 2.23. The van der Waals surface area contributed by atoms with E-state index in [1.807, 2.05) is 11.3 Å². The van der Waals surface area contributed by atoms with Crippen molar-refractivity contribution in [2.45, 2.75) is 78.3 Å². The molecule has 0 atom stereocenters. The zero-order valence-electron chi connectivity index (χ0n) is 13.0. The van der Waals surface area contributed by atoms with Gasteiger partial charge in [-0.2, -0.15) is 0 Å². The van der Waals surface area contributed by atoms with Gasteiger partial charge in [-0.1, -0.05) is 19.8 Å². The predicted octanol–water partition coefficient (Wildman–Crippen LogP) is 4.63. The van der Waals surface area contributed by atoms with Gasteiger partial charge in [0.2, 0.25) is 0 Å². The van der Waals surface area contributed by atoms with E-state index in [2.05, 4.69) is 39.9 Å². The molecule has 1 aromatic rings. The average molecular weight is 280 g/mol. The summed E-state index contributed by atoms with van der Waals surface area (Å²) < 4.78 is 0. The average Bonchev–Trinajstić information content (AvgIpc) is 2.68. The maximum absolute atomic E-state index is 4.84. The lowest BCUT2D eigenvalue weighted by Crippen LogP contribution is -2.34. The van der Waals surface area contributed by atoms with Crippen LogP contribution in [0.4, 0.5) is 0 Å². The molecular formula is C16H28N2S. The topological polar surface area (TPSA) is 24.9 Å². The van der Waals surface area contributed by atoms with Crippen molar-refractivity contribution in [2.24, 2.45) is 5.92 Å². The minimum absolute atomic E-state index is 0.177. The fourth-order valence-electron chi connectivity index (χ4n) is 2.64. The third-order valence-electron chi connectivity index (χ3n) is 4.05. The maximum Gasteiger partial charge on any atom is 0.0962 e. The first kappa shape index (κ1) is 15.0. The molecule has 1 aliphatic rings. The molecule has 0 bridgehead atoms. The number of nitrogens with one attached hydrogen (secondary N) is 1. The summed E-state index contributed by atoms with van der Waals surface area (Å²) in [5.74, 6) is 1.64. The van der Waals surface area contributed by atoms with Crippen molar-refractivity contribution < 1.29 is 0 Å². The molecule has 2 rings (SSSR count). The summed E-state index contributed by atoms with van der Waals surface area (Å²) in [5, 5.41) is 4.96. The quantitative estimate of drug-likeness (QED) is 0.873. The Morgan fingerprint density at radius 1 is 1.21 bits per heavy atom. The Hall–Kier alpha value is -0.410. The van der Waals surface area contributed by atoms with Crippen LogP contribution in [0.25, 0.3) is 0 Å². The molecule has 1 N–H and O–H groups in total. The molecule has 1 heterocycles. The second-order valence-electron chi connectivity index (χ2n) is 7.12. The molecule has 0 aromatic carbocycles. The molecule has 108 valence electrons. The first-order chi connectivity index (χ1) is 8.85. The van der Waals surface area contributed by atoms with Gasteiger partial charge in [-0.05, 0) is 46.5 Å². The molecule has 3 heteroatoms. The van der Waals surface area contributed by atoms with E-state index in [4.69, 9.17) is 4.98 Å². The largest absolute Gasteiger partial charge is 0.307 e. The maximum atomic E-state index is 4.84. The molecule has 2 nitrogen and oxygen atoms in total. The molecule has 0 aliphatic heterocycles. The highest BCUT2D eigenvalue weighted by molar-refractivity contribution is 7.11. The number of hydrogen-bond donors (Lipinski definition) is 1. The van der Waals surface area contributed by atoms with Gasteiger partial charge in [0.15, 0.2) is 0 Å². The third-order valence-corrected chi connectivity index (χ3v) is 5.37. The molecule has 1 fully saturated rings. The lowest BCUT2D eigenvalue weighted by atomic mass is 9.83. The number of aryl methyl sites for hydroxylation is 1. The van der Waals surface area contributed by atoms with Gasteiger partial charge >= 0.3 is 0 Å². The normalized spacial score (nSPS) is 24.7. The van der Waals surface area contributed by atoms with E-state index in [1.54, 1.807) is 0 Å². The van der Waals surface area contributed by atoms with E-state index in [1.165, 1.54) is 41.3 Å². The van der Waals surface area contributed by atoms with Crippen molar-refractivity contribution in [1.82, 2.24) is 10.3 Å². The third kappa shape index (κ3) is 4.28. The van der Waals surface area contributed by atoms with Crippen LogP contribution in [0.5, 0.6) is 0 Å². The van der Waals surface area contributed by atoms with Crippen LogP contribution in [0, 0.1) is 12.8 Å². The lowest BCUT2D eigenvalue weighted by molar-refractivity contribution is 0.347. The van der Waals surface area contributed by atoms with Gasteiger partial charge in [-0.25, -0.2) is 4.98 Å². The van der Waals surface area contributed by atoms with Crippen LogP contribution in [0.2, 0.25) is 0 Å². The van der Waals surface area contributed by atoms with Crippen molar-refractivity contribution in [3.63, 3.8) is 0 Å². The highest BCUT2D eigenvalue weighted by atomic mass is 32.1. The van der Waals surface area contributed by atoms with Gasteiger partial charge in [-0.3, -0.25) is 0 Å². The summed E-state index contributed by atoms with van der Waals surface area (Å²) in [7, 11) is 0.